The molecule has 1 heterocycles. The predicted octanol–water partition coefficient (Wildman–Crippen LogP) is 0.715. The van der Waals surface area contributed by atoms with Gasteiger partial charge in [-0.1, -0.05) is 0 Å². The lowest BCUT2D eigenvalue weighted by molar-refractivity contribution is 0.0948. The fourth-order valence-corrected chi connectivity index (χ4v) is 2.82. The standard InChI is InChI=1S/C9H11N3OS2/c10-9(14)12-11-8(13)7-4-5-2-1-3-6(5)15-7/h4H,1-3H2,(H,11,13)(H3,10,12,14). The Morgan fingerprint density at radius 1 is 1.47 bits per heavy atom. The van der Waals surface area contributed by atoms with Crippen molar-refractivity contribution in [3.63, 3.8) is 0 Å². The lowest BCUT2D eigenvalue weighted by atomic mass is 10.2. The van der Waals surface area contributed by atoms with Crippen LogP contribution in [0.2, 0.25) is 0 Å². The van der Waals surface area contributed by atoms with E-state index >= 15 is 0 Å². The van der Waals surface area contributed by atoms with Gasteiger partial charge < -0.3 is 5.73 Å². The molecule has 1 aliphatic rings. The number of aryl methyl sites for hydroxylation is 2. The molecule has 15 heavy (non-hydrogen) atoms. The van der Waals surface area contributed by atoms with Crippen LogP contribution in [0.3, 0.4) is 0 Å². The summed E-state index contributed by atoms with van der Waals surface area (Å²) < 4.78 is 0. The molecule has 0 saturated heterocycles. The van der Waals surface area contributed by atoms with E-state index in [0.717, 1.165) is 12.8 Å². The Hall–Kier alpha value is -1.14. The topological polar surface area (TPSA) is 67.2 Å². The highest BCUT2D eigenvalue weighted by Crippen LogP contribution is 2.30. The third-order valence-corrected chi connectivity index (χ3v) is 3.61. The van der Waals surface area contributed by atoms with Crippen LogP contribution >= 0.6 is 23.6 Å². The number of rotatable bonds is 1. The maximum absolute atomic E-state index is 11.6. The maximum atomic E-state index is 11.6. The number of hydrazine groups is 1. The van der Waals surface area contributed by atoms with E-state index in [1.807, 2.05) is 6.07 Å². The lowest BCUT2D eigenvalue weighted by Gasteiger charge is -2.03. The van der Waals surface area contributed by atoms with Crippen LogP contribution in [0.1, 0.15) is 26.5 Å². The summed E-state index contributed by atoms with van der Waals surface area (Å²) in [5.74, 6) is -0.179. The molecule has 1 aromatic rings. The van der Waals surface area contributed by atoms with Crippen molar-refractivity contribution in [1.29, 1.82) is 0 Å². The van der Waals surface area contributed by atoms with E-state index in [1.165, 1.54) is 16.9 Å². The first kappa shape index (κ1) is 10.4. The van der Waals surface area contributed by atoms with Gasteiger partial charge in [-0.05, 0) is 43.1 Å². The van der Waals surface area contributed by atoms with Crippen molar-refractivity contribution in [2.24, 2.45) is 5.73 Å². The molecule has 0 radical (unpaired) electrons. The summed E-state index contributed by atoms with van der Waals surface area (Å²) >= 11 is 6.13. The molecule has 1 aliphatic carbocycles. The molecule has 0 spiro atoms. The fourth-order valence-electron chi connectivity index (χ4n) is 1.62. The smallest absolute Gasteiger partial charge is 0.279 e. The second kappa shape index (κ2) is 4.16. The summed E-state index contributed by atoms with van der Waals surface area (Å²) in [6, 6.07) is 1.95. The first-order chi connectivity index (χ1) is 7.16. The Morgan fingerprint density at radius 2 is 2.27 bits per heavy atom. The lowest BCUT2D eigenvalue weighted by Crippen LogP contribution is -2.44. The van der Waals surface area contributed by atoms with Gasteiger partial charge in [-0.25, -0.2) is 0 Å². The number of thiocarbonyl (C=S) groups is 1. The molecule has 0 atom stereocenters. The van der Waals surface area contributed by atoms with E-state index in [4.69, 9.17) is 5.73 Å². The minimum absolute atomic E-state index is 0.0625. The summed E-state index contributed by atoms with van der Waals surface area (Å²) in [6.45, 7) is 0. The van der Waals surface area contributed by atoms with Crippen LogP contribution in [0.25, 0.3) is 0 Å². The summed E-state index contributed by atoms with van der Waals surface area (Å²) in [5, 5.41) is 0.0625. The predicted molar refractivity (Wildman–Crippen MR) is 63.7 cm³/mol. The summed E-state index contributed by atoms with van der Waals surface area (Å²) in [6.07, 6.45) is 3.38. The molecule has 1 aromatic heterocycles. The molecule has 2 rings (SSSR count). The monoisotopic (exact) mass is 241 g/mol. The number of hydrogen-bond donors (Lipinski definition) is 3. The van der Waals surface area contributed by atoms with E-state index in [0.29, 0.717) is 4.88 Å². The molecule has 0 bridgehead atoms. The Balaban J connectivity index is 2.03. The second-order valence-corrected chi connectivity index (χ2v) is 4.93. The van der Waals surface area contributed by atoms with Gasteiger partial charge in [0.2, 0.25) is 0 Å². The normalized spacial score (nSPS) is 13.3. The second-order valence-electron chi connectivity index (χ2n) is 3.36. The summed E-state index contributed by atoms with van der Waals surface area (Å²) in [7, 11) is 0. The van der Waals surface area contributed by atoms with Gasteiger partial charge in [-0.2, -0.15) is 0 Å². The number of nitrogens with one attached hydrogen (secondary N) is 2. The average Bonchev–Trinajstić information content (AvgIpc) is 2.72. The van der Waals surface area contributed by atoms with Crippen molar-refractivity contribution in [2.75, 3.05) is 0 Å². The number of amides is 1. The van der Waals surface area contributed by atoms with Crippen molar-refractivity contribution >= 4 is 34.6 Å². The Labute approximate surface area is 96.8 Å². The van der Waals surface area contributed by atoms with Gasteiger partial charge >= 0.3 is 0 Å². The summed E-state index contributed by atoms with van der Waals surface area (Å²) in [5.41, 5.74) is 11.4. The van der Waals surface area contributed by atoms with Crippen LogP contribution in [0.5, 0.6) is 0 Å². The van der Waals surface area contributed by atoms with Gasteiger partial charge in [-0.3, -0.25) is 15.6 Å². The minimum atomic E-state index is -0.179. The molecule has 0 aliphatic heterocycles. The zero-order valence-electron chi connectivity index (χ0n) is 8.00. The Bertz CT molecular complexity index is 392. The molecule has 0 saturated carbocycles. The third kappa shape index (κ3) is 2.27. The molecule has 4 N–H and O–H groups in total. The van der Waals surface area contributed by atoms with Crippen molar-refractivity contribution in [3.8, 4) is 0 Å². The third-order valence-electron chi connectivity index (χ3n) is 2.27. The molecule has 0 aromatic carbocycles. The zero-order valence-corrected chi connectivity index (χ0v) is 9.63. The van der Waals surface area contributed by atoms with E-state index in [2.05, 4.69) is 23.1 Å². The SMILES string of the molecule is NC(=S)NNC(=O)c1cc2c(s1)CCC2. The van der Waals surface area contributed by atoms with Gasteiger partial charge in [0.15, 0.2) is 5.11 Å². The first-order valence-corrected chi connectivity index (χ1v) is 5.86. The number of fused-ring (bicyclic) bond motifs is 1. The van der Waals surface area contributed by atoms with Crippen LogP contribution in [0.4, 0.5) is 0 Å². The van der Waals surface area contributed by atoms with E-state index in [-0.39, 0.29) is 11.0 Å². The number of thiophene rings is 1. The zero-order chi connectivity index (χ0) is 10.8. The van der Waals surface area contributed by atoms with Crippen LogP contribution in [0, 0.1) is 0 Å². The number of hydrogen-bond acceptors (Lipinski definition) is 3. The van der Waals surface area contributed by atoms with Crippen LogP contribution in [-0.4, -0.2) is 11.0 Å². The van der Waals surface area contributed by atoms with Crippen molar-refractivity contribution < 1.29 is 4.79 Å². The van der Waals surface area contributed by atoms with Crippen molar-refractivity contribution in [3.05, 3.63) is 21.4 Å². The van der Waals surface area contributed by atoms with Gasteiger partial charge in [-0.15, -0.1) is 11.3 Å². The highest BCUT2D eigenvalue weighted by Gasteiger charge is 2.18. The molecular formula is C9H11N3OS2. The minimum Gasteiger partial charge on any atom is -0.375 e. The molecule has 80 valence electrons. The van der Waals surface area contributed by atoms with Crippen molar-refractivity contribution in [2.45, 2.75) is 19.3 Å². The fraction of sp³-hybridized carbons (Fsp3) is 0.333. The van der Waals surface area contributed by atoms with Gasteiger partial charge in [0.1, 0.15) is 0 Å². The average molecular weight is 241 g/mol. The largest absolute Gasteiger partial charge is 0.375 e. The van der Waals surface area contributed by atoms with Crippen molar-refractivity contribution in [1.82, 2.24) is 10.9 Å². The number of carbonyl (C=O) groups excluding carboxylic acids is 1. The Kier molecular flexibility index (Phi) is 2.88. The van der Waals surface area contributed by atoms with Crippen LogP contribution in [-0.2, 0) is 12.8 Å². The molecule has 0 unspecified atom stereocenters. The number of carbonyl (C=O) groups is 1. The van der Waals surface area contributed by atoms with E-state index < -0.39 is 0 Å². The van der Waals surface area contributed by atoms with Gasteiger partial charge in [0.05, 0.1) is 4.88 Å². The molecule has 0 fully saturated rings. The maximum Gasteiger partial charge on any atom is 0.279 e. The quantitative estimate of drug-likeness (QED) is 0.500. The first-order valence-electron chi connectivity index (χ1n) is 4.64. The molecular weight excluding hydrogens is 230 g/mol. The highest BCUT2D eigenvalue weighted by atomic mass is 32.1. The molecule has 6 heteroatoms. The van der Waals surface area contributed by atoms with E-state index in [9.17, 15) is 4.79 Å². The Morgan fingerprint density at radius 3 is 2.93 bits per heavy atom. The van der Waals surface area contributed by atoms with Crippen LogP contribution in [0.15, 0.2) is 6.07 Å². The molecule has 1 amide bonds. The van der Waals surface area contributed by atoms with Gasteiger partial charge in [0.25, 0.3) is 5.91 Å². The van der Waals surface area contributed by atoms with Crippen LogP contribution < -0.4 is 16.6 Å². The van der Waals surface area contributed by atoms with Gasteiger partial charge in [0, 0.05) is 4.88 Å². The highest BCUT2D eigenvalue weighted by molar-refractivity contribution is 7.80. The number of nitrogens with two attached hydrogens (primary N) is 1. The summed E-state index contributed by atoms with van der Waals surface area (Å²) in [4.78, 5) is 13.6. The molecule has 4 nitrogen and oxygen atoms in total. The van der Waals surface area contributed by atoms with E-state index in [1.54, 1.807) is 11.3 Å².